The first-order valence-corrected chi connectivity index (χ1v) is 4.87. The summed E-state index contributed by atoms with van der Waals surface area (Å²) in [6, 6.07) is 2.02. The van der Waals surface area contributed by atoms with Gasteiger partial charge in [0.15, 0.2) is 0 Å². The van der Waals surface area contributed by atoms with E-state index < -0.39 is 30.8 Å². The molecule has 1 rings (SSSR count). The Hall–Kier alpha value is -2.19. The van der Waals surface area contributed by atoms with Gasteiger partial charge in [-0.3, -0.25) is 4.79 Å². The second kappa shape index (κ2) is 5.63. The second-order valence-electron chi connectivity index (χ2n) is 3.48. The number of nitrogens with zero attached hydrogens (tertiary/aromatic N) is 1. The number of halogens is 4. The van der Waals surface area contributed by atoms with Crippen molar-refractivity contribution >= 4 is 11.9 Å². The van der Waals surface area contributed by atoms with E-state index in [0.29, 0.717) is 0 Å². The number of pyridine rings is 1. The predicted octanol–water partition coefficient (Wildman–Crippen LogP) is 1.41. The van der Waals surface area contributed by atoms with E-state index in [-0.39, 0.29) is 11.3 Å². The first-order valence-electron chi connectivity index (χ1n) is 4.87. The zero-order valence-corrected chi connectivity index (χ0v) is 9.24. The summed E-state index contributed by atoms with van der Waals surface area (Å²) in [7, 11) is 0. The summed E-state index contributed by atoms with van der Waals surface area (Å²) in [5, 5.41) is 10.2. The van der Waals surface area contributed by atoms with E-state index in [0.717, 1.165) is 18.3 Å². The molecule has 0 spiro atoms. The summed E-state index contributed by atoms with van der Waals surface area (Å²) in [6.45, 7) is -1.52. The Morgan fingerprint density at radius 3 is 2.42 bits per heavy atom. The number of carbonyl (C=O) groups is 2. The van der Waals surface area contributed by atoms with E-state index in [1.807, 2.05) is 0 Å². The molecule has 1 heterocycles. The molecule has 0 atom stereocenters. The molecule has 5 nitrogen and oxygen atoms in total. The van der Waals surface area contributed by atoms with E-state index in [1.165, 1.54) is 0 Å². The van der Waals surface area contributed by atoms with Crippen LogP contribution in [0.15, 0.2) is 18.3 Å². The van der Waals surface area contributed by atoms with Crippen LogP contribution in [-0.2, 0) is 0 Å². The number of carboxylic acids is 1. The maximum absolute atomic E-state index is 12.5. The lowest BCUT2D eigenvalue weighted by Crippen LogP contribution is -2.41. The molecule has 0 saturated carbocycles. The summed E-state index contributed by atoms with van der Waals surface area (Å²) in [4.78, 5) is 25.2. The summed E-state index contributed by atoms with van der Waals surface area (Å²) in [6.07, 6.45) is -3.04. The molecular formula is C10H8F4N2O3. The summed E-state index contributed by atoms with van der Waals surface area (Å²) >= 11 is 0. The Morgan fingerprint density at radius 1 is 1.37 bits per heavy atom. The molecule has 2 N–H and O–H groups in total. The van der Waals surface area contributed by atoms with Crippen LogP contribution in [0.3, 0.4) is 0 Å². The molecule has 1 aromatic rings. The van der Waals surface area contributed by atoms with E-state index in [1.54, 1.807) is 5.32 Å². The number of hydrogen-bond acceptors (Lipinski definition) is 3. The molecule has 1 aromatic heterocycles. The summed E-state index contributed by atoms with van der Waals surface area (Å²) in [5.41, 5.74) is -0.551. The van der Waals surface area contributed by atoms with Gasteiger partial charge in [0.05, 0.1) is 12.1 Å². The smallest absolute Gasteiger partial charge is 0.354 e. The minimum atomic E-state index is -4.33. The topological polar surface area (TPSA) is 79.3 Å². The van der Waals surface area contributed by atoms with Crippen molar-refractivity contribution in [1.82, 2.24) is 10.3 Å². The highest BCUT2D eigenvalue weighted by Crippen LogP contribution is 2.21. The molecule has 0 bridgehead atoms. The predicted molar refractivity (Wildman–Crippen MR) is 54.5 cm³/mol. The van der Waals surface area contributed by atoms with Crippen molar-refractivity contribution in [2.75, 3.05) is 6.54 Å². The van der Waals surface area contributed by atoms with Crippen LogP contribution in [0.1, 0.15) is 20.8 Å². The average molecular weight is 280 g/mol. The fourth-order valence-corrected chi connectivity index (χ4v) is 1.03. The molecule has 19 heavy (non-hydrogen) atoms. The highest BCUT2D eigenvalue weighted by Gasteiger charge is 2.40. The minimum absolute atomic E-state index is 0.213. The molecule has 0 radical (unpaired) electrons. The Balaban J connectivity index is 2.66. The van der Waals surface area contributed by atoms with Crippen LogP contribution in [0.2, 0.25) is 0 Å². The van der Waals surface area contributed by atoms with Crippen molar-refractivity contribution in [3.05, 3.63) is 29.6 Å². The van der Waals surface area contributed by atoms with Crippen LogP contribution in [0.4, 0.5) is 17.6 Å². The standard InChI is InChI=1S/C10H8F4N2O3/c11-9(12)10(13,14)4-16-7(17)5-1-2-6(8(18)19)15-3-5/h1-3,9H,4H2,(H,16,17)(H,18,19). The molecule has 104 valence electrons. The average Bonchev–Trinajstić information content (AvgIpc) is 2.36. The highest BCUT2D eigenvalue weighted by molar-refractivity contribution is 5.94. The van der Waals surface area contributed by atoms with Crippen molar-refractivity contribution in [3.63, 3.8) is 0 Å². The number of nitrogens with one attached hydrogen (secondary N) is 1. The van der Waals surface area contributed by atoms with Gasteiger partial charge in [0.2, 0.25) is 0 Å². The maximum Gasteiger partial charge on any atom is 0.354 e. The molecule has 0 aliphatic heterocycles. The van der Waals surface area contributed by atoms with Crippen LogP contribution < -0.4 is 5.32 Å². The van der Waals surface area contributed by atoms with Gasteiger partial charge in [-0.15, -0.1) is 0 Å². The van der Waals surface area contributed by atoms with Gasteiger partial charge in [0.25, 0.3) is 5.91 Å². The molecule has 0 saturated heterocycles. The third kappa shape index (κ3) is 3.90. The number of carbonyl (C=O) groups excluding carboxylic acids is 1. The maximum atomic E-state index is 12.5. The van der Waals surface area contributed by atoms with E-state index in [9.17, 15) is 27.2 Å². The molecule has 0 aliphatic carbocycles. The second-order valence-corrected chi connectivity index (χ2v) is 3.48. The van der Waals surface area contributed by atoms with Gasteiger partial charge in [0, 0.05) is 6.20 Å². The van der Waals surface area contributed by atoms with Crippen molar-refractivity contribution < 1.29 is 32.3 Å². The first kappa shape index (κ1) is 14.9. The van der Waals surface area contributed by atoms with E-state index >= 15 is 0 Å². The first-order chi connectivity index (χ1) is 8.74. The number of amides is 1. The molecular weight excluding hydrogens is 272 g/mol. The molecule has 1 amide bonds. The highest BCUT2D eigenvalue weighted by atomic mass is 19.3. The van der Waals surface area contributed by atoms with Crippen molar-refractivity contribution in [1.29, 1.82) is 0 Å². The number of hydrogen-bond donors (Lipinski definition) is 2. The summed E-state index contributed by atoms with van der Waals surface area (Å²) in [5.74, 6) is -6.70. The lowest BCUT2D eigenvalue weighted by molar-refractivity contribution is -0.123. The number of rotatable bonds is 5. The van der Waals surface area contributed by atoms with Crippen LogP contribution in [0.25, 0.3) is 0 Å². The van der Waals surface area contributed by atoms with Crippen molar-refractivity contribution in [3.8, 4) is 0 Å². The largest absolute Gasteiger partial charge is 0.477 e. The fraction of sp³-hybridized carbons (Fsp3) is 0.300. The van der Waals surface area contributed by atoms with Crippen molar-refractivity contribution in [2.45, 2.75) is 12.3 Å². The van der Waals surface area contributed by atoms with Crippen LogP contribution in [0.5, 0.6) is 0 Å². The van der Waals surface area contributed by atoms with Gasteiger partial charge < -0.3 is 10.4 Å². The zero-order chi connectivity index (χ0) is 14.6. The summed E-state index contributed by atoms with van der Waals surface area (Å²) < 4.78 is 48.7. The molecule has 9 heteroatoms. The third-order valence-corrected chi connectivity index (χ3v) is 2.05. The number of aromatic nitrogens is 1. The minimum Gasteiger partial charge on any atom is -0.477 e. The van der Waals surface area contributed by atoms with Gasteiger partial charge in [-0.05, 0) is 12.1 Å². The number of carboxylic acid groups (broad SMARTS) is 1. The van der Waals surface area contributed by atoms with Gasteiger partial charge in [-0.1, -0.05) is 0 Å². The fourth-order valence-electron chi connectivity index (χ4n) is 1.03. The number of alkyl halides is 4. The Morgan fingerprint density at radius 2 is 2.00 bits per heavy atom. The van der Waals surface area contributed by atoms with Crippen LogP contribution >= 0.6 is 0 Å². The monoisotopic (exact) mass is 280 g/mol. The van der Waals surface area contributed by atoms with Gasteiger partial charge in [0.1, 0.15) is 5.69 Å². The van der Waals surface area contributed by atoms with Crippen LogP contribution in [-0.4, -0.2) is 40.9 Å². The third-order valence-electron chi connectivity index (χ3n) is 2.05. The Labute approximate surface area is 104 Å². The van der Waals surface area contributed by atoms with Gasteiger partial charge >= 0.3 is 18.3 Å². The normalized spacial score (nSPS) is 11.4. The lowest BCUT2D eigenvalue weighted by Gasteiger charge is -2.15. The number of aromatic carboxylic acids is 1. The van der Waals surface area contributed by atoms with E-state index in [4.69, 9.17) is 5.11 Å². The van der Waals surface area contributed by atoms with Gasteiger partial charge in [-0.2, -0.15) is 8.78 Å². The quantitative estimate of drug-likeness (QED) is 0.799. The Kier molecular flexibility index (Phi) is 4.41. The van der Waals surface area contributed by atoms with Gasteiger partial charge in [-0.25, -0.2) is 18.6 Å². The molecule has 0 unspecified atom stereocenters. The molecule has 0 aliphatic rings. The Bertz CT molecular complexity index is 476. The lowest BCUT2D eigenvalue weighted by atomic mass is 10.2. The zero-order valence-electron chi connectivity index (χ0n) is 9.24. The molecule has 0 fully saturated rings. The van der Waals surface area contributed by atoms with E-state index in [2.05, 4.69) is 4.98 Å². The molecule has 0 aromatic carbocycles. The van der Waals surface area contributed by atoms with Crippen molar-refractivity contribution in [2.24, 2.45) is 0 Å². The van der Waals surface area contributed by atoms with Crippen LogP contribution in [0, 0.1) is 0 Å². The SMILES string of the molecule is O=C(NCC(F)(F)C(F)F)c1ccc(C(=O)O)nc1.